The number of nitrogens with one attached hydrogen (secondary N) is 1. The second-order valence-electron chi connectivity index (χ2n) is 5.00. The van der Waals surface area contributed by atoms with E-state index in [0.29, 0.717) is 17.8 Å². The van der Waals surface area contributed by atoms with Gasteiger partial charge in [0.1, 0.15) is 21.7 Å². The summed E-state index contributed by atoms with van der Waals surface area (Å²) in [5, 5.41) is 11.7. The standard InChI is InChI=1S/C13H17N3O2S/c1-19(17,18)12-4-2-3-11(7-12)16-13-6-5-10(8-14)9-15-13/h5-6,9,11-12H,2-4,7H2,1H3,(H,15,16). The maximum atomic E-state index is 11.6. The van der Waals surface area contributed by atoms with Crippen molar-refractivity contribution in [2.75, 3.05) is 11.6 Å². The molecule has 2 unspecified atom stereocenters. The number of pyridine rings is 1. The third kappa shape index (κ3) is 3.67. The van der Waals surface area contributed by atoms with Gasteiger partial charge in [0.25, 0.3) is 0 Å². The van der Waals surface area contributed by atoms with Gasteiger partial charge in [0.15, 0.2) is 0 Å². The van der Waals surface area contributed by atoms with Crippen LogP contribution in [0.1, 0.15) is 31.2 Å². The van der Waals surface area contributed by atoms with Gasteiger partial charge in [-0.25, -0.2) is 13.4 Å². The molecule has 1 aromatic heterocycles. The first-order valence-corrected chi connectivity index (χ1v) is 8.26. The number of anilines is 1. The van der Waals surface area contributed by atoms with Crippen LogP contribution in [0.2, 0.25) is 0 Å². The van der Waals surface area contributed by atoms with E-state index in [2.05, 4.69) is 10.3 Å². The van der Waals surface area contributed by atoms with Crippen molar-refractivity contribution < 1.29 is 8.42 Å². The fourth-order valence-electron chi connectivity index (χ4n) is 2.42. The van der Waals surface area contributed by atoms with Crippen molar-refractivity contribution >= 4 is 15.7 Å². The molecule has 19 heavy (non-hydrogen) atoms. The largest absolute Gasteiger partial charge is 0.367 e. The monoisotopic (exact) mass is 279 g/mol. The summed E-state index contributed by atoms with van der Waals surface area (Å²) in [4.78, 5) is 4.15. The van der Waals surface area contributed by atoms with Crippen LogP contribution in [0.3, 0.4) is 0 Å². The van der Waals surface area contributed by atoms with Crippen molar-refractivity contribution in [1.82, 2.24) is 4.98 Å². The molecule has 0 radical (unpaired) electrons. The molecule has 1 heterocycles. The Kier molecular flexibility index (Phi) is 4.05. The Balaban J connectivity index is 2.01. The lowest BCUT2D eigenvalue weighted by Gasteiger charge is -2.28. The summed E-state index contributed by atoms with van der Waals surface area (Å²) in [5.74, 6) is 0.693. The molecule has 1 N–H and O–H groups in total. The predicted molar refractivity (Wildman–Crippen MR) is 73.5 cm³/mol. The summed E-state index contributed by atoms with van der Waals surface area (Å²) in [7, 11) is -2.97. The summed E-state index contributed by atoms with van der Waals surface area (Å²) < 4.78 is 23.2. The Morgan fingerprint density at radius 1 is 1.42 bits per heavy atom. The minimum absolute atomic E-state index is 0.133. The van der Waals surface area contributed by atoms with Crippen molar-refractivity contribution in [3.05, 3.63) is 23.9 Å². The molecule has 1 saturated carbocycles. The van der Waals surface area contributed by atoms with Crippen LogP contribution in [0.15, 0.2) is 18.3 Å². The number of hydrogen-bond acceptors (Lipinski definition) is 5. The van der Waals surface area contributed by atoms with Gasteiger partial charge < -0.3 is 5.32 Å². The van der Waals surface area contributed by atoms with Gasteiger partial charge >= 0.3 is 0 Å². The van der Waals surface area contributed by atoms with Gasteiger partial charge in [-0.2, -0.15) is 5.26 Å². The number of nitrogens with zero attached hydrogens (tertiary/aromatic N) is 2. The Morgan fingerprint density at radius 3 is 2.79 bits per heavy atom. The molecule has 0 aromatic carbocycles. The van der Waals surface area contributed by atoms with Crippen LogP contribution in [-0.2, 0) is 9.84 Å². The average Bonchev–Trinajstić information content (AvgIpc) is 2.39. The van der Waals surface area contributed by atoms with Gasteiger partial charge in [-0.1, -0.05) is 6.42 Å². The minimum atomic E-state index is -2.97. The van der Waals surface area contributed by atoms with E-state index in [1.54, 1.807) is 12.1 Å². The number of rotatable bonds is 3. The number of sulfone groups is 1. The third-order valence-electron chi connectivity index (χ3n) is 3.48. The lowest BCUT2D eigenvalue weighted by molar-refractivity contribution is 0.452. The molecule has 2 atom stereocenters. The van der Waals surface area contributed by atoms with E-state index in [0.717, 1.165) is 19.3 Å². The van der Waals surface area contributed by atoms with Crippen LogP contribution in [0.25, 0.3) is 0 Å². The van der Waals surface area contributed by atoms with Crippen molar-refractivity contribution in [1.29, 1.82) is 5.26 Å². The zero-order valence-corrected chi connectivity index (χ0v) is 11.7. The van der Waals surface area contributed by atoms with Crippen molar-refractivity contribution in [2.24, 2.45) is 0 Å². The van der Waals surface area contributed by atoms with Gasteiger partial charge in [0.05, 0.1) is 10.8 Å². The molecule has 1 aliphatic carbocycles. The van der Waals surface area contributed by atoms with E-state index in [-0.39, 0.29) is 11.3 Å². The van der Waals surface area contributed by atoms with Crippen molar-refractivity contribution in [3.8, 4) is 6.07 Å². The molecule has 0 spiro atoms. The summed E-state index contributed by atoms with van der Waals surface area (Å²) in [6.07, 6.45) is 6.05. The lowest BCUT2D eigenvalue weighted by Crippen LogP contribution is -2.34. The summed E-state index contributed by atoms with van der Waals surface area (Å²) >= 11 is 0. The average molecular weight is 279 g/mol. The first-order chi connectivity index (χ1) is 8.99. The maximum Gasteiger partial charge on any atom is 0.150 e. The van der Waals surface area contributed by atoms with Gasteiger partial charge in [-0.05, 0) is 31.4 Å². The highest BCUT2D eigenvalue weighted by atomic mass is 32.2. The van der Waals surface area contributed by atoms with Crippen LogP contribution < -0.4 is 5.32 Å². The molecule has 6 heteroatoms. The Hall–Kier alpha value is -1.61. The van der Waals surface area contributed by atoms with E-state index in [9.17, 15) is 8.42 Å². The fraction of sp³-hybridized carbons (Fsp3) is 0.538. The first-order valence-electron chi connectivity index (χ1n) is 6.30. The van der Waals surface area contributed by atoms with E-state index in [4.69, 9.17) is 5.26 Å². The highest BCUT2D eigenvalue weighted by Crippen LogP contribution is 2.25. The molecule has 1 aromatic rings. The van der Waals surface area contributed by atoms with Gasteiger partial charge in [0, 0.05) is 18.5 Å². The lowest BCUT2D eigenvalue weighted by atomic mass is 9.95. The third-order valence-corrected chi connectivity index (χ3v) is 5.12. The molecule has 0 saturated heterocycles. The number of nitriles is 1. The van der Waals surface area contributed by atoms with Crippen LogP contribution in [0.5, 0.6) is 0 Å². The minimum Gasteiger partial charge on any atom is -0.367 e. The Bertz CT molecular complexity index is 575. The van der Waals surface area contributed by atoms with Crippen LogP contribution in [-0.4, -0.2) is 30.9 Å². The maximum absolute atomic E-state index is 11.6. The summed E-state index contributed by atoms with van der Waals surface area (Å²) in [6, 6.07) is 5.60. The van der Waals surface area contributed by atoms with E-state index < -0.39 is 9.84 Å². The van der Waals surface area contributed by atoms with Gasteiger partial charge in [-0.15, -0.1) is 0 Å². The van der Waals surface area contributed by atoms with E-state index in [1.807, 2.05) is 6.07 Å². The normalized spacial score (nSPS) is 23.6. The first kappa shape index (κ1) is 13.8. The van der Waals surface area contributed by atoms with Crippen LogP contribution in [0, 0.1) is 11.3 Å². The SMILES string of the molecule is CS(=O)(=O)C1CCCC(Nc2ccc(C#N)cn2)C1. The second-order valence-corrected chi connectivity index (χ2v) is 7.33. The van der Waals surface area contributed by atoms with Crippen LogP contribution >= 0.6 is 0 Å². The zero-order chi connectivity index (χ0) is 13.9. The van der Waals surface area contributed by atoms with E-state index >= 15 is 0 Å². The highest BCUT2D eigenvalue weighted by molar-refractivity contribution is 7.91. The molecule has 0 aliphatic heterocycles. The molecule has 0 amide bonds. The summed E-state index contributed by atoms with van der Waals surface area (Å²) in [5.41, 5.74) is 0.517. The molecule has 5 nitrogen and oxygen atoms in total. The molecule has 1 aliphatic rings. The predicted octanol–water partition coefficient (Wildman–Crippen LogP) is 1.72. The van der Waals surface area contributed by atoms with Crippen LogP contribution in [0.4, 0.5) is 5.82 Å². The highest BCUT2D eigenvalue weighted by Gasteiger charge is 2.28. The molecule has 102 valence electrons. The van der Waals surface area contributed by atoms with Crippen molar-refractivity contribution in [2.45, 2.75) is 37.0 Å². The topological polar surface area (TPSA) is 82.9 Å². The number of hydrogen-bond donors (Lipinski definition) is 1. The fourth-order valence-corrected chi connectivity index (χ4v) is 3.60. The zero-order valence-electron chi connectivity index (χ0n) is 10.8. The molecule has 2 rings (SSSR count). The number of aromatic nitrogens is 1. The van der Waals surface area contributed by atoms with Gasteiger partial charge in [-0.3, -0.25) is 0 Å². The van der Waals surface area contributed by atoms with Gasteiger partial charge in [0.2, 0.25) is 0 Å². The smallest absolute Gasteiger partial charge is 0.150 e. The Labute approximate surface area is 113 Å². The molecular weight excluding hydrogens is 262 g/mol. The van der Waals surface area contributed by atoms with Crippen molar-refractivity contribution in [3.63, 3.8) is 0 Å². The molecular formula is C13H17N3O2S. The Morgan fingerprint density at radius 2 is 2.21 bits per heavy atom. The summed E-state index contributed by atoms with van der Waals surface area (Å²) in [6.45, 7) is 0. The second kappa shape index (κ2) is 5.57. The molecule has 1 fully saturated rings. The quantitative estimate of drug-likeness (QED) is 0.911. The van der Waals surface area contributed by atoms with E-state index in [1.165, 1.54) is 12.5 Å². The molecule has 0 bridgehead atoms.